The van der Waals surface area contributed by atoms with Gasteiger partial charge in [-0.3, -0.25) is 9.59 Å². The molecule has 178 valence electrons. The number of benzene rings is 2. The van der Waals surface area contributed by atoms with Crippen LogP contribution in [0.15, 0.2) is 66.7 Å². The Morgan fingerprint density at radius 2 is 1.71 bits per heavy atom. The second kappa shape index (κ2) is 11.4. The molecule has 2 aromatic carbocycles. The third kappa shape index (κ3) is 6.33. The minimum atomic E-state index is -0.117. The Hall–Kier alpha value is -2.96. The average molecular weight is 477 g/mol. The fourth-order valence-corrected chi connectivity index (χ4v) is 5.20. The Balaban J connectivity index is 1.56. The summed E-state index contributed by atoms with van der Waals surface area (Å²) < 4.78 is 5.82. The van der Waals surface area contributed by atoms with Crippen molar-refractivity contribution < 1.29 is 14.3 Å². The first-order chi connectivity index (χ1) is 16.5. The van der Waals surface area contributed by atoms with E-state index in [-0.39, 0.29) is 24.5 Å². The predicted octanol–water partition coefficient (Wildman–Crippen LogP) is 5.22. The first-order valence-corrected chi connectivity index (χ1v) is 12.6. The number of hydrogen-bond acceptors (Lipinski definition) is 4. The summed E-state index contributed by atoms with van der Waals surface area (Å²) in [7, 11) is 0. The monoisotopic (exact) mass is 476 g/mol. The molecule has 0 saturated carbocycles. The van der Waals surface area contributed by atoms with Crippen LogP contribution in [0.1, 0.15) is 44.1 Å². The standard InChI is InChI=1S/C28H32N2O3S/c1-21-9-6-7-13-26(21)28(32)30(18-24-12-8-16-33-24)20-27(31)29(17-23-10-4-3-5-11-23)19-25-15-14-22(2)34-25/h3-7,9-11,13-15,24H,8,12,16-20H2,1-2H3. The van der Waals surface area contributed by atoms with Gasteiger partial charge in [0.2, 0.25) is 5.91 Å². The summed E-state index contributed by atoms with van der Waals surface area (Å²) in [6, 6.07) is 21.7. The van der Waals surface area contributed by atoms with Crippen molar-refractivity contribution in [2.24, 2.45) is 0 Å². The largest absolute Gasteiger partial charge is 0.376 e. The zero-order valence-electron chi connectivity index (χ0n) is 19.9. The van der Waals surface area contributed by atoms with Crippen molar-refractivity contribution in [3.63, 3.8) is 0 Å². The van der Waals surface area contributed by atoms with Crippen LogP contribution in [-0.4, -0.2) is 47.4 Å². The van der Waals surface area contributed by atoms with Gasteiger partial charge in [0.15, 0.2) is 0 Å². The van der Waals surface area contributed by atoms with Gasteiger partial charge in [-0.05, 0) is 56.0 Å². The Morgan fingerprint density at radius 3 is 2.38 bits per heavy atom. The van der Waals surface area contributed by atoms with Gasteiger partial charge in [-0.25, -0.2) is 0 Å². The molecule has 2 heterocycles. The number of thiophene rings is 1. The van der Waals surface area contributed by atoms with Gasteiger partial charge in [0.1, 0.15) is 6.54 Å². The molecule has 1 unspecified atom stereocenters. The summed E-state index contributed by atoms with van der Waals surface area (Å²) in [6.07, 6.45) is 1.87. The molecule has 4 rings (SSSR count). The second-order valence-electron chi connectivity index (χ2n) is 8.88. The van der Waals surface area contributed by atoms with Crippen LogP contribution in [0, 0.1) is 13.8 Å². The van der Waals surface area contributed by atoms with Crippen LogP contribution >= 0.6 is 11.3 Å². The van der Waals surface area contributed by atoms with Gasteiger partial charge in [-0.1, -0.05) is 48.5 Å². The van der Waals surface area contributed by atoms with Crippen molar-refractivity contribution in [1.29, 1.82) is 0 Å². The normalized spacial score (nSPS) is 15.3. The van der Waals surface area contributed by atoms with Gasteiger partial charge in [-0.15, -0.1) is 11.3 Å². The summed E-state index contributed by atoms with van der Waals surface area (Å²) in [6.45, 7) is 6.20. The van der Waals surface area contributed by atoms with E-state index in [0.29, 0.717) is 31.8 Å². The van der Waals surface area contributed by atoms with Crippen LogP contribution < -0.4 is 0 Å². The van der Waals surface area contributed by atoms with E-state index in [9.17, 15) is 9.59 Å². The summed E-state index contributed by atoms with van der Waals surface area (Å²) in [5.74, 6) is -0.177. The number of rotatable bonds is 9. The van der Waals surface area contributed by atoms with Gasteiger partial charge in [-0.2, -0.15) is 0 Å². The number of nitrogens with zero attached hydrogens (tertiary/aromatic N) is 2. The predicted molar refractivity (Wildman–Crippen MR) is 136 cm³/mol. The maximum atomic E-state index is 13.7. The van der Waals surface area contributed by atoms with Crippen molar-refractivity contribution in [3.05, 3.63) is 93.2 Å². The van der Waals surface area contributed by atoms with Crippen molar-refractivity contribution in [2.45, 2.75) is 45.9 Å². The number of carbonyl (C=O) groups is 2. The third-order valence-corrected chi connectivity index (χ3v) is 7.13. The first-order valence-electron chi connectivity index (χ1n) is 11.8. The highest BCUT2D eigenvalue weighted by Crippen LogP contribution is 2.21. The molecule has 1 aliphatic heterocycles. The maximum Gasteiger partial charge on any atom is 0.254 e. The molecule has 0 radical (unpaired) electrons. The lowest BCUT2D eigenvalue weighted by molar-refractivity contribution is -0.133. The Morgan fingerprint density at radius 1 is 0.941 bits per heavy atom. The van der Waals surface area contributed by atoms with E-state index in [4.69, 9.17) is 4.74 Å². The third-order valence-electron chi connectivity index (χ3n) is 6.15. The summed E-state index contributed by atoms with van der Waals surface area (Å²) in [5, 5.41) is 0. The van der Waals surface area contributed by atoms with E-state index in [0.717, 1.165) is 28.8 Å². The molecule has 1 aromatic heterocycles. The van der Waals surface area contributed by atoms with Crippen LogP contribution in [-0.2, 0) is 22.6 Å². The lowest BCUT2D eigenvalue weighted by Gasteiger charge is -2.29. The molecule has 1 aliphatic rings. The van der Waals surface area contributed by atoms with E-state index < -0.39 is 0 Å². The minimum absolute atomic E-state index is 0.0247. The fraction of sp³-hybridized carbons (Fsp3) is 0.357. The topological polar surface area (TPSA) is 49.9 Å². The quantitative estimate of drug-likeness (QED) is 0.426. The van der Waals surface area contributed by atoms with Crippen molar-refractivity contribution >= 4 is 23.2 Å². The second-order valence-corrected chi connectivity index (χ2v) is 10.3. The minimum Gasteiger partial charge on any atom is -0.376 e. The molecule has 0 N–H and O–H groups in total. The Bertz CT molecular complexity index is 1110. The Labute approximate surface area is 206 Å². The molecule has 1 fully saturated rings. The van der Waals surface area contributed by atoms with E-state index in [1.54, 1.807) is 16.2 Å². The molecule has 6 heteroatoms. The van der Waals surface area contributed by atoms with E-state index in [2.05, 4.69) is 19.1 Å². The zero-order chi connectivity index (χ0) is 23.9. The molecular formula is C28H32N2O3S. The highest BCUT2D eigenvalue weighted by Gasteiger charge is 2.28. The number of aryl methyl sites for hydroxylation is 2. The number of hydrogen-bond donors (Lipinski definition) is 0. The SMILES string of the molecule is Cc1ccc(CN(Cc2ccccc2)C(=O)CN(CC2CCCO2)C(=O)c2ccccc2C)s1. The molecule has 1 saturated heterocycles. The van der Waals surface area contributed by atoms with Gasteiger partial charge >= 0.3 is 0 Å². The highest BCUT2D eigenvalue weighted by molar-refractivity contribution is 7.11. The molecule has 0 spiro atoms. The smallest absolute Gasteiger partial charge is 0.254 e. The highest BCUT2D eigenvalue weighted by atomic mass is 32.1. The average Bonchev–Trinajstić information content (AvgIpc) is 3.50. The number of carbonyl (C=O) groups excluding carboxylic acids is 2. The molecular weight excluding hydrogens is 444 g/mol. The van der Waals surface area contributed by atoms with E-state index in [1.807, 2.05) is 66.4 Å². The summed E-state index contributed by atoms with van der Waals surface area (Å²) in [5.41, 5.74) is 2.62. The van der Waals surface area contributed by atoms with Gasteiger partial charge < -0.3 is 14.5 Å². The number of ether oxygens (including phenoxy) is 1. The van der Waals surface area contributed by atoms with E-state index in [1.165, 1.54) is 4.88 Å². The van der Waals surface area contributed by atoms with Crippen LogP contribution in [0.5, 0.6) is 0 Å². The van der Waals surface area contributed by atoms with Crippen molar-refractivity contribution in [3.8, 4) is 0 Å². The van der Waals surface area contributed by atoms with E-state index >= 15 is 0 Å². The summed E-state index contributed by atoms with van der Waals surface area (Å²) >= 11 is 1.70. The molecule has 0 bridgehead atoms. The van der Waals surface area contributed by atoms with Crippen LogP contribution in [0.4, 0.5) is 0 Å². The molecule has 3 aromatic rings. The first kappa shape index (κ1) is 24.2. The number of amides is 2. The van der Waals surface area contributed by atoms with Gasteiger partial charge in [0, 0.05) is 35.0 Å². The van der Waals surface area contributed by atoms with Crippen LogP contribution in [0.3, 0.4) is 0 Å². The van der Waals surface area contributed by atoms with Crippen LogP contribution in [0.25, 0.3) is 0 Å². The summed E-state index contributed by atoms with van der Waals surface area (Å²) in [4.78, 5) is 33.1. The van der Waals surface area contributed by atoms with Crippen LogP contribution in [0.2, 0.25) is 0 Å². The van der Waals surface area contributed by atoms with Crippen molar-refractivity contribution in [1.82, 2.24) is 9.80 Å². The lowest BCUT2D eigenvalue weighted by atomic mass is 10.1. The molecule has 34 heavy (non-hydrogen) atoms. The molecule has 2 amide bonds. The van der Waals surface area contributed by atoms with Crippen molar-refractivity contribution in [2.75, 3.05) is 19.7 Å². The van der Waals surface area contributed by atoms with Gasteiger partial charge in [0.25, 0.3) is 5.91 Å². The van der Waals surface area contributed by atoms with Gasteiger partial charge in [0.05, 0.1) is 12.6 Å². The zero-order valence-corrected chi connectivity index (χ0v) is 20.7. The molecule has 0 aliphatic carbocycles. The Kier molecular flexibility index (Phi) is 8.14. The lowest BCUT2D eigenvalue weighted by Crippen LogP contribution is -2.45. The fourth-order valence-electron chi connectivity index (χ4n) is 4.29. The molecule has 1 atom stereocenters. The maximum absolute atomic E-state index is 13.7. The molecule has 5 nitrogen and oxygen atoms in total.